The topological polar surface area (TPSA) is 75.7 Å². The zero-order chi connectivity index (χ0) is 22.7. The third-order valence-electron chi connectivity index (χ3n) is 5.58. The van der Waals surface area contributed by atoms with Gasteiger partial charge in [-0.3, -0.25) is 9.79 Å². The zero-order valence-corrected chi connectivity index (χ0v) is 18.6. The van der Waals surface area contributed by atoms with Crippen molar-refractivity contribution in [1.82, 2.24) is 4.98 Å². The molecule has 1 saturated carbocycles. The van der Waals surface area contributed by atoms with Gasteiger partial charge in [-0.15, -0.1) is 24.9 Å². The number of hydrogen-bond donors (Lipinski definition) is 2. The van der Waals surface area contributed by atoms with Gasteiger partial charge in [0.2, 0.25) is 0 Å². The maximum Gasteiger partial charge on any atom is 0.573 e. The van der Waals surface area contributed by atoms with Gasteiger partial charge in [0.25, 0.3) is 0 Å². The number of ether oxygens (including phenoxy) is 2. The van der Waals surface area contributed by atoms with Gasteiger partial charge in [0.15, 0.2) is 0 Å². The Balaban J connectivity index is 1.57. The number of anilines is 1. The SMILES string of the molecule is CCOC(=O)CCC1CSC(c2cc3cc(OC(F)(F)F)cc(NC4CCCC4)c3[nH]2)=N1. The Bertz CT molecular complexity index is 999. The fourth-order valence-electron chi connectivity index (χ4n) is 4.16. The van der Waals surface area contributed by atoms with E-state index in [4.69, 9.17) is 9.73 Å². The highest BCUT2D eigenvalue weighted by Gasteiger charge is 2.32. The molecule has 1 aromatic carbocycles. The third kappa shape index (κ3) is 5.70. The van der Waals surface area contributed by atoms with Crippen LogP contribution in [0.3, 0.4) is 0 Å². The molecule has 1 aliphatic carbocycles. The van der Waals surface area contributed by atoms with Crippen molar-refractivity contribution < 1.29 is 27.4 Å². The van der Waals surface area contributed by atoms with Crippen molar-refractivity contribution >= 4 is 39.4 Å². The third-order valence-corrected chi connectivity index (χ3v) is 6.73. The molecular weight excluding hydrogens is 443 g/mol. The first-order chi connectivity index (χ1) is 15.3. The number of fused-ring (bicyclic) bond motifs is 1. The van der Waals surface area contributed by atoms with Crippen molar-refractivity contribution in [1.29, 1.82) is 0 Å². The van der Waals surface area contributed by atoms with Gasteiger partial charge < -0.3 is 19.8 Å². The highest BCUT2D eigenvalue weighted by atomic mass is 32.2. The summed E-state index contributed by atoms with van der Waals surface area (Å²) >= 11 is 1.57. The van der Waals surface area contributed by atoms with E-state index in [0.29, 0.717) is 30.5 Å². The summed E-state index contributed by atoms with van der Waals surface area (Å²) < 4.78 is 47.7. The van der Waals surface area contributed by atoms with Crippen LogP contribution >= 0.6 is 11.8 Å². The number of benzene rings is 1. The number of H-pyrrole nitrogens is 1. The first-order valence-corrected chi connectivity index (χ1v) is 11.8. The second-order valence-electron chi connectivity index (χ2n) is 8.03. The van der Waals surface area contributed by atoms with Gasteiger partial charge in [-0.2, -0.15) is 0 Å². The number of hydrogen-bond acceptors (Lipinski definition) is 6. The normalized spacial score (nSPS) is 19.4. The minimum atomic E-state index is -4.75. The van der Waals surface area contributed by atoms with E-state index in [9.17, 15) is 18.0 Å². The molecule has 1 aromatic heterocycles. The molecule has 2 aliphatic rings. The molecule has 0 bridgehead atoms. The smallest absolute Gasteiger partial charge is 0.466 e. The molecule has 2 heterocycles. The Morgan fingerprint density at radius 1 is 1.28 bits per heavy atom. The van der Waals surface area contributed by atoms with E-state index in [1.165, 1.54) is 12.1 Å². The average Bonchev–Trinajstić information content (AvgIpc) is 3.45. The van der Waals surface area contributed by atoms with Crippen LogP contribution in [0.25, 0.3) is 10.9 Å². The Kier molecular flexibility index (Phi) is 6.88. The molecule has 4 rings (SSSR count). The van der Waals surface area contributed by atoms with Crippen molar-refractivity contribution in [3.63, 3.8) is 0 Å². The molecule has 2 N–H and O–H groups in total. The summed E-state index contributed by atoms with van der Waals surface area (Å²) in [5.74, 6) is 0.274. The van der Waals surface area contributed by atoms with Crippen molar-refractivity contribution in [2.45, 2.75) is 63.9 Å². The average molecular weight is 470 g/mol. The van der Waals surface area contributed by atoms with Gasteiger partial charge in [0.1, 0.15) is 10.8 Å². The Labute approximate surface area is 188 Å². The molecule has 174 valence electrons. The molecule has 0 spiro atoms. The number of alkyl halides is 3. The van der Waals surface area contributed by atoms with Crippen LogP contribution in [0.2, 0.25) is 0 Å². The maximum absolute atomic E-state index is 12.8. The molecule has 2 aromatic rings. The van der Waals surface area contributed by atoms with Gasteiger partial charge in [0.05, 0.1) is 29.5 Å². The molecule has 1 fully saturated rings. The van der Waals surface area contributed by atoms with Gasteiger partial charge in [-0.1, -0.05) is 12.8 Å². The quantitative estimate of drug-likeness (QED) is 0.491. The summed E-state index contributed by atoms with van der Waals surface area (Å²) in [6.07, 6.45) is 0.360. The molecule has 0 amide bonds. The molecule has 1 unspecified atom stereocenters. The number of aromatic amines is 1. The number of nitrogens with zero attached hydrogens (tertiary/aromatic N) is 1. The van der Waals surface area contributed by atoms with Gasteiger partial charge >= 0.3 is 12.3 Å². The molecular formula is C22H26F3N3O3S. The number of nitrogens with one attached hydrogen (secondary N) is 2. The van der Waals surface area contributed by atoms with E-state index in [1.807, 2.05) is 0 Å². The van der Waals surface area contributed by atoms with Crippen LogP contribution in [-0.4, -0.2) is 46.8 Å². The predicted octanol–water partition coefficient (Wildman–Crippen LogP) is 5.63. The molecule has 1 aliphatic heterocycles. The highest BCUT2D eigenvalue weighted by Crippen LogP contribution is 2.36. The van der Waals surface area contributed by atoms with Gasteiger partial charge in [-0.25, -0.2) is 0 Å². The largest absolute Gasteiger partial charge is 0.573 e. The van der Waals surface area contributed by atoms with Crippen molar-refractivity contribution in [2.75, 3.05) is 17.7 Å². The summed E-state index contributed by atoms with van der Waals surface area (Å²) in [5.41, 5.74) is 2.09. The summed E-state index contributed by atoms with van der Waals surface area (Å²) in [6.45, 7) is 2.13. The van der Waals surface area contributed by atoms with E-state index >= 15 is 0 Å². The van der Waals surface area contributed by atoms with Crippen LogP contribution in [0.4, 0.5) is 18.9 Å². The van der Waals surface area contributed by atoms with E-state index in [1.54, 1.807) is 24.8 Å². The fourth-order valence-corrected chi connectivity index (χ4v) is 5.24. The number of carbonyl (C=O) groups excluding carboxylic acids is 1. The lowest BCUT2D eigenvalue weighted by molar-refractivity contribution is -0.274. The molecule has 0 saturated heterocycles. The predicted molar refractivity (Wildman–Crippen MR) is 120 cm³/mol. The second-order valence-corrected chi connectivity index (χ2v) is 9.04. The Morgan fingerprint density at radius 2 is 2.06 bits per heavy atom. The summed E-state index contributed by atoms with van der Waals surface area (Å²) in [7, 11) is 0. The van der Waals surface area contributed by atoms with Crippen LogP contribution in [-0.2, 0) is 9.53 Å². The number of esters is 1. The second kappa shape index (κ2) is 9.64. The van der Waals surface area contributed by atoms with Crippen LogP contribution in [0, 0.1) is 0 Å². The highest BCUT2D eigenvalue weighted by molar-refractivity contribution is 8.14. The van der Waals surface area contributed by atoms with E-state index in [-0.39, 0.29) is 23.8 Å². The lowest BCUT2D eigenvalue weighted by Crippen LogP contribution is -2.18. The van der Waals surface area contributed by atoms with E-state index in [2.05, 4.69) is 15.0 Å². The van der Waals surface area contributed by atoms with Crippen LogP contribution < -0.4 is 10.1 Å². The van der Waals surface area contributed by atoms with E-state index in [0.717, 1.165) is 47.7 Å². The minimum absolute atomic E-state index is 0.00558. The van der Waals surface area contributed by atoms with Crippen LogP contribution in [0.5, 0.6) is 5.75 Å². The van der Waals surface area contributed by atoms with Crippen molar-refractivity contribution in [3.05, 3.63) is 23.9 Å². The summed E-state index contributed by atoms with van der Waals surface area (Å²) in [5, 5.41) is 4.81. The van der Waals surface area contributed by atoms with Gasteiger partial charge in [-0.05, 0) is 38.3 Å². The van der Waals surface area contributed by atoms with E-state index < -0.39 is 6.36 Å². The summed E-state index contributed by atoms with van der Waals surface area (Å²) in [4.78, 5) is 19.6. The van der Waals surface area contributed by atoms with Crippen molar-refractivity contribution in [3.8, 4) is 5.75 Å². The van der Waals surface area contributed by atoms with Crippen LogP contribution in [0.15, 0.2) is 23.2 Å². The molecule has 1 atom stereocenters. The fraction of sp³-hybridized carbons (Fsp3) is 0.545. The monoisotopic (exact) mass is 469 g/mol. The minimum Gasteiger partial charge on any atom is -0.466 e. The number of rotatable bonds is 8. The van der Waals surface area contributed by atoms with Gasteiger partial charge in [0, 0.05) is 29.7 Å². The summed E-state index contributed by atoms with van der Waals surface area (Å²) in [6, 6.07) is 4.83. The lowest BCUT2D eigenvalue weighted by Gasteiger charge is -2.16. The number of carbonyl (C=O) groups is 1. The first kappa shape index (κ1) is 22.8. The van der Waals surface area contributed by atoms with Crippen LogP contribution in [0.1, 0.15) is 51.1 Å². The lowest BCUT2D eigenvalue weighted by atomic mass is 10.1. The number of aliphatic imine (C=N–C) groups is 1. The standard InChI is InChI=1S/C22H26F3N3O3S/c1-2-30-19(29)8-7-15-12-32-21(27-15)18-10-13-9-16(31-22(23,24)25)11-17(20(13)28-18)26-14-5-3-4-6-14/h9-11,14-15,26,28H,2-8,12H2,1H3. The molecule has 6 nitrogen and oxygen atoms in total. The zero-order valence-electron chi connectivity index (χ0n) is 17.8. The van der Waals surface area contributed by atoms with Crippen molar-refractivity contribution in [2.24, 2.45) is 4.99 Å². The number of thioether (sulfide) groups is 1. The molecule has 10 heteroatoms. The Hall–Kier alpha value is -2.36. The Morgan fingerprint density at radius 3 is 2.78 bits per heavy atom. The molecule has 0 radical (unpaired) electrons. The maximum atomic E-state index is 12.8. The number of halogens is 3. The number of aromatic nitrogens is 1. The first-order valence-electron chi connectivity index (χ1n) is 10.9. The molecule has 32 heavy (non-hydrogen) atoms.